The normalized spacial score (nSPS) is 23.4. The van der Waals surface area contributed by atoms with Crippen molar-refractivity contribution < 1.29 is 9.59 Å². The molecule has 7 heteroatoms. The molecule has 0 aromatic heterocycles. The summed E-state index contributed by atoms with van der Waals surface area (Å²) in [7, 11) is 0. The van der Waals surface area contributed by atoms with Gasteiger partial charge in [-0.2, -0.15) is 0 Å². The summed E-state index contributed by atoms with van der Waals surface area (Å²) < 4.78 is 0. The summed E-state index contributed by atoms with van der Waals surface area (Å²) in [6.07, 6.45) is 4.83. The first-order chi connectivity index (χ1) is 12.9. The molecular weight excluding hydrogens is 385 g/mol. The molecular formula is C20H23Cl2N3O2. The molecule has 27 heavy (non-hydrogen) atoms. The summed E-state index contributed by atoms with van der Waals surface area (Å²) in [6, 6.07) is 5.55. The van der Waals surface area contributed by atoms with Crippen molar-refractivity contribution in [1.82, 2.24) is 10.2 Å². The van der Waals surface area contributed by atoms with Crippen molar-refractivity contribution in [2.24, 2.45) is 4.99 Å². The molecule has 0 atom stereocenters. The lowest BCUT2D eigenvalue weighted by Crippen LogP contribution is -2.54. The van der Waals surface area contributed by atoms with Crippen LogP contribution in [0.25, 0.3) is 0 Å². The number of nitrogens with one attached hydrogen (secondary N) is 1. The Bertz CT molecular complexity index is 823. The van der Waals surface area contributed by atoms with Crippen LogP contribution in [-0.4, -0.2) is 41.2 Å². The first-order valence-corrected chi connectivity index (χ1v) is 10.2. The van der Waals surface area contributed by atoms with E-state index in [0.29, 0.717) is 41.8 Å². The van der Waals surface area contributed by atoms with Gasteiger partial charge in [0.1, 0.15) is 11.4 Å². The second-order valence-electron chi connectivity index (χ2n) is 7.89. The molecule has 4 rings (SSSR count). The number of carbonyl (C=O) groups excluding carboxylic acids is 2. The Morgan fingerprint density at radius 1 is 1.11 bits per heavy atom. The molecule has 2 aliphatic heterocycles. The standard InChI is InChI=1S/C20H23Cl2N3O2/c1-13-23-17(26)20(24-13)8-10-25(11-9-20)18(27)19(6-2-3-7-19)14-4-5-15(21)16(22)12-14/h4-5,12H,2-3,6-11H2,1H3,(H,23,24,26). The van der Waals surface area contributed by atoms with Crippen molar-refractivity contribution >= 4 is 40.9 Å². The fraction of sp³-hybridized carbons (Fsp3) is 0.550. The number of piperidine rings is 1. The number of nitrogens with zero attached hydrogens (tertiary/aromatic N) is 2. The van der Waals surface area contributed by atoms with Gasteiger partial charge in [0.15, 0.2) is 0 Å². The van der Waals surface area contributed by atoms with Crippen LogP contribution in [0.2, 0.25) is 10.0 Å². The van der Waals surface area contributed by atoms with Crippen molar-refractivity contribution in [3.05, 3.63) is 33.8 Å². The van der Waals surface area contributed by atoms with Crippen molar-refractivity contribution in [2.45, 2.75) is 56.4 Å². The highest BCUT2D eigenvalue weighted by Gasteiger charge is 2.50. The Morgan fingerprint density at radius 3 is 2.33 bits per heavy atom. The summed E-state index contributed by atoms with van der Waals surface area (Å²) in [5, 5.41) is 3.79. The van der Waals surface area contributed by atoms with Crippen LogP contribution in [0.4, 0.5) is 0 Å². The van der Waals surface area contributed by atoms with Gasteiger partial charge in [-0.05, 0) is 50.3 Å². The van der Waals surface area contributed by atoms with Crippen LogP contribution in [0, 0.1) is 0 Å². The van der Waals surface area contributed by atoms with E-state index in [1.165, 1.54) is 0 Å². The summed E-state index contributed by atoms with van der Waals surface area (Å²) >= 11 is 12.3. The molecule has 1 aliphatic carbocycles. The summed E-state index contributed by atoms with van der Waals surface area (Å²) in [6.45, 7) is 2.90. The Balaban J connectivity index is 1.57. The number of amides is 2. The molecule has 2 amide bonds. The first kappa shape index (κ1) is 18.8. The minimum atomic E-state index is -0.687. The molecule has 0 unspecified atom stereocenters. The highest BCUT2D eigenvalue weighted by molar-refractivity contribution is 6.42. The molecule has 3 aliphatic rings. The quantitative estimate of drug-likeness (QED) is 0.811. The minimum absolute atomic E-state index is 0.0350. The number of likely N-dealkylation sites (tertiary alicyclic amines) is 1. The third kappa shape index (κ3) is 3.05. The van der Waals surface area contributed by atoms with E-state index >= 15 is 0 Å². The van der Waals surface area contributed by atoms with Crippen LogP contribution < -0.4 is 5.32 Å². The number of amidine groups is 1. The van der Waals surface area contributed by atoms with Gasteiger partial charge in [0.2, 0.25) is 5.91 Å². The largest absolute Gasteiger partial charge is 0.342 e. The van der Waals surface area contributed by atoms with Crippen molar-refractivity contribution in [3.8, 4) is 0 Å². The van der Waals surface area contributed by atoms with E-state index in [-0.39, 0.29) is 11.8 Å². The molecule has 1 aromatic carbocycles. The molecule has 1 aromatic rings. The highest BCUT2D eigenvalue weighted by Crippen LogP contribution is 2.45. The van der Waals surface area contributed by atoms with E-state index in [0.717, 1.165) is 31.2 Å². The van der Waals surface area contributed by atoms with Gasteiger partial charge in [-0.25, -0.2) is 0 Å². The van der Waals surface area contributed by atoms with E-state index in [1.807, 2.05) is 24.0 Å². The smallest absolute Gasteiger partial charge is 0.253 e. The summed E-state index contributed by atoms with van der Waals surface area (Å²) in [4.78, 5) is 32.3. The zero-order chi connectivity index (χ0) is 19.2. The monoisotopic (exact) mass is 407 g/mol. The third-order valence-corrected chi connectivity index (χ3v) is 7.05. The lowest BCUT2D eigenvalue weighted by atomic mass is 9.76. The van der Waals surface area contributed by atoms with Crippen LogP contribution in [0.1, 0.15) is 51.0 Å². The van der Waals surface area contributed by atoms with Crippen LogP contribution in [-0.2, 0) is 15.0 Å². The van der Waals surface area contributed by atoms with Gasteiger partial charge in [-0.15, -0.1) is 0 Å². The molecule has 0 radical (unpaired) electrons. The molecule has 144 valence electrons. The van der Waals surface area contributed by atoms with Gasteiger partial charge >= 0.3 is 0 Å². The maximum atomic E-state index is 13.6. The zero-order valence-corrected chi connectivity index (χ0v) is 16.9. The molecule has 0 bridgehead atoms. The molecule has 5 nitrogen and oxygen atoms in total. The minimum Gasteiger partial charge on any atom is -0.342 e. The predicted molar refractivity (Wildman–Crippen MR) is 106 cm³/mol. The SMILES string of the molecule is CC1=NC2(CCN(C(=O)C3(c4ccc(Cl)c(Cl)c4)CCCC3)CC2)C(=O)N1. The van der Waals surface area contributed by atoms with Gasteiger partial charge in [0.05, 0.1) is 15.5 Å². The number of hydrogen-bond donors (Lipinski definition) is 1. The third-order valence-electron chi connectivity index (χ3n) is 6.32. The van der Waals surface area contributed by atoms with Gasteiger partial charge in [-0.3, -0.25) is 14.6 Å². The molecule has 1 saturated carbocycles. The van der Waals surface area contributed by atoms with Gasteiger partial charge in [0, 0.05) is 13.1 Å². The van der Waals surface area contributed by atoms with Crippen LogP contribution in [0.5, 0.6) is 0 Å². The van der Waals surface area contributed by atoms with E-state index in [9.17, 15) is 9.59 Å². The maximum Gasteiger partial charge on any atom is 0.253 e. The highest BCUT2D eigenvalue weighted by atomic mass is 35.5. The predicted octanol–water partition coefficient (Wildman–Crippen LogP) is 3.71. The van der Waals surface area contributed by atoms with E-state index < -0.39 is 11.0 Å². The first-order valence-electron chi connectivity index (χ1n) is 9.49. The lowest BCUT2D eigenvalue weighted by molar-refractivity contribution is -0.140. The van der Waals surface area contributed by atoms with Crippen LogP contribution in [0.15, 0.2) is 23.2 Å². The number of benzene rings is 1. The second kappa shape index (κ2) is 6.78. The van der Waals surface area contributed by atoms with Gasteiger partial charge in [-0.1, -0.05) is 42.1 Å². The van der Waals surface area contributed by atoms with Gasteiger partial charge in [0.25, 0.3) is 5.91 Å². The molecule has 1 N–H and O–H groups in total. The van der Waals surface area contributed by atoms with Crippen molar-refractivity contribution in [2.75, 3.05) is 13.1 Å². The number of hydrogen-bond acceptors (Lipinski definition) is 3. The van der Waals surface area contributed by atoms with Gasteiger partial charge < -0.3 is 10.2 Å². The molecule has 2 heterocycles. The van der Waals surface area contributed by atoms with Crippen LogP contribution in [0.3, 0.4) is 0 Å². The maximum absolute atomic E-state index is 13.6. The molecule has 1 saturated heterocycles. The van der Waals surface area contributed by atoms with Crippen molar-refractivity contribution in [3.63, 3.8) is 0 Å². The Morgan fingerprint density at radius 2 is 1.78 bits per heavy atom. The average molecular weight is 408 g/mol. The second-order valence-corrected chi connectivity index (χ2v) is 8.71. The van der Waals surface area contributed by atoms with Crippen molar-refractivity contribution in [1.29, 1.82) is 0 Å². The van der Waals surface area contributed by atoms with E-state index in [2.05, 4.69) is 10.3 Å². The summed E-state index contributed by atoms with van der Waals surface area (Å²) in [5.74, 6) is 0.780. The fourth-order valence-corrected chi connectivity index (χ4v) is 5.10. The average Bonchev–Trinajstić information content (AvgIpc) is 3.24. The lowest BCUT2D eigenvalue weighted by Gasteiger charge is -2.40. The Labute approximate surface area is 169 Å². The fourth-order valence-electron chi connectivity index (χ4n) is 4.80. The van der Waals surface area contributed by atoms with E-state index in [1.54, 1.807) is 6.07 Å². The number of halogens is 2. The topological polar surface area (TPSA) is 61.8 Å². The Hall–Kier alpha value is -1.59. The van der Waals surface area contributed by atoms with Crippen LogP contribution >= 0.6 is 23.2 Å². The number of rotatable bonds is 2. The summed E-state index contributed by atoms with van der Waals surface area (Å²) in [5.41, 5.74) is -0.268. The number of aliphatic imine (C=N–C) groups is 1. The zero-order valence-electron chi connectivity index (χ0n) is 15.4. The van der Waals surface area contributed by atoms with E-state index in [4.69, 9.17) is 23.2 Å². The number of carbonyl (C=O) groups is 2. The molecule has 2 fully saturated rings. The Kier molecular flexibility index (Phi) is 4.71. The molecule has 1 spiro atoms.